The highest BCUT2D eigenvalue weighted by Crippen LogP contribution is 2.34. The summed E-state index contributed by atoms with van der Waals surface area (Å²) in [6.45, 7) is 12.9. The Morgan fingerprint density at radius 2 is 1.85 bits per heavy atom. The van der Waals surface area contributed by atoms with E-state index in [1.54, 1.807) is 0 Å². The summed E-state index contributed by atoms with van der Waals surface area (Å²) >= 11 is 0. The van der Waals surface area contributed by atoms with Crippen LogP contribution >= 0.6 is 0 Å². The number of hydrogen-bond donors (Lipinski definition) is 1. The molecular formula is C17H25N3. The van der Waals surface area contributed by atoms with Gasteiger partial charge in [0.1, 0.15) is 17.3 Å². The van der Waals surface area contributed by atoms with E-state index in [1.807, 2.05) is 0 Å². The monoisotopic (exact) mass is 271 g/mol. The van der Waals surface area contributed by atoms with Gasteiger partial charge in [0.15, 0.2) is 0 Å². The van der Waals surface area contributed by atoms with Crippen LogP contribution in [0, 0.1) is 6.92 Å². The van der Waals surface area contributed by atoms with E-state index in [4.69, 9.17) is 10.7 Å². The van der Waals surface area contributed by atoms with E-state index < -0.39 is 0 Å². The molecule has 2 aromatic rings. The minimum absolute atomic E-state index is 0.0707. The Balaban J connectivity index is 2.68. The fourth-order valence-electron chi connectivity index (χ4n) is 2.55. The Bertz CT molecular complexity index is 616. The number of anilines is 1. The van der Waals surface area contributed by atoms with Crippen LogP contribution in [0.2, 0.25) is 0 Å². The molecule has 0 spiro atoms. The van der Waals surface area contributed by atoms with Crippen LogP contribution in [0.5, 0.6) is 0 Å². The fourth-order valence-corrected chi connectivity index (χ4v) is 2.55. The van der Waals surface area contributed by atoms with Gasteiger partial charge in [-0.1, -0.05) is 37.6 Å². The molecule has 1 aromatic carbocycles. The molecule has 0 saturated heterocycles. The summed E-state index contributed by atoms with van der Waals surface area (Å²) in [7, 11) is 0. The van der Waals surface area contributed by atoms with Crippen LogP contribution in [0.15, 0.2) is 24.3 Å². The molecule has 0 unspecified atom stereocenters. The minimum atomic E-state index is -0.0707. The molecule has 0 saturated carbocycles. The van der Waals surface area contributed by atoms with Gasteiger partial charge in [0.25, 0.3) is 0 Å². The molecule has 1 aromatic heterocycles. The van der Waals surface area contributed by atoms with Gasteiger partial charge in [-0.2, -0.15) is 0 Å². The van der Waals surface area contributed by atoms with Crippen LogP contribution in [-0.2, 0) is 5.54 Å². The second kappa shape index (κ2) is 4.97. The molecule has 0 aliphatic rings. The summed E-state index contributed by atoms with van der Waals surface area (Å²) in [4.78, 5) is 4.83. The SMILES string of the molecule is Cc1cccc(-c2nc(C(C)C)n(C(C)(C)C)c2N)c1. The summed E-state index contributed by atoms with van der Waals surface area (Å²) < 4.78 is 2.16. The summed E-state index contributed by atoms with van der Waals surface area (Å²) in [5.41, 5.74) is 9.55. The number of benzene rings is 1. The second-order valence-electron chi connectivity index (χ2n) is 6.73. The molecule has 3 heteroatoms. The van der Waals surface area contributed by atoms with E-state index in [0.29, 0.717) is 5.92 Å². The highest BCUT2D eigenvalue weighted by molar-refractivity contribution is 5.72. The van der Waals surface area contributed by atoms with Crippen LogP contribution in [0.1, 0.15) is 51.9 Å². The highest BCUT2D eigenvalue weighted by Gasteiger charge is 2.25. The predicted molar refractivity (Wildman–Crippen MR) is 85.9 cm³/mol. The van der Waals surface area contributed by atoms with E-state index in [1.165, 1.54) is 5.56 Å². The van der Waals surface area contributed by atoms with Crippen molar-refractivity contribution in [2.24, 2.45) is 0 Å². The van der Waals surface area contributed by atoms with Gasteiger partial charge in [0.2, 0.25) is 0 Å². The molecule has 3 nitrogen and oxygen atoms in total. The largest absolute Gasteiger partial charge is 0.383 e. The Morgan fingerprint density at radius 1 is 1.20 bits per heavy atom. The molecule has 20 heavy (non-hydrogen) atoms. The van der Waals surface area contributed by atoms with Crippen molar-refractivity contribution in [1.29, 1.82) is 0 Å². The normalized spacial score (nSPS) is 12.2. The van der Waals surface area contributed by atoms with Gasteiger partial charge < -0.3 is 10.3 Å². The Labute approximate surface area is 121 Å². The Kier molecular flexibility index (Phi) is 3.63. The summed E-state index contributed by atoms with van der Waals surface area (Å²) in [6, 6.07) is 8.34. The van der Waals surface area contributed by atoms with Crippen LogP contribution in [0.3, 0.4) is 0 Å². The number of aryl methyl sites for hydroxylation is 1. The molecule has 0 aliphatic carbocycles. The molecule has 0 bridgehead atoms. The third kappa shape index (κ3) is 2.58. The molecule has 1 heterocycles. The van der Waals surface area contributed by atoms with Crippen molar-refractivity contribution in [2.45, 2.75) is 53.0 Å². The first-order valence-electron chi connectivity index (χ1n) is 7.17. The molecule has 2 rings (SSSR count). The average Bonchev–Trinajstić information content (AvgIpc) is 2.66. The smallest absolute Gasteiger partial charge is 0.132 e. The zero-order valence-electron chi connectivity index (χ0n) is 13.4. The topological polar surface area (TPSA) is 43.8 Å². The van der Waals surface area contributed by atoms with Gasteiger partial charge in [-0.25, -0.2) is 4.98 Å². The predicted octanol–water partition coefficient (Wildman–Crippen LogP) is 4.32. The first-order valence-corrected chi connectivity index (χ1v) is 7.17. The maximum absolute atomic E-state index is 6.41. The number of rotatable bonds is 2. The van der Waals surface area contributed by atoms with Crippen LogP contribution in [-0.4, -0.2) is 9.55 Å². The number of nitrogens with two attached hydrogens (primary N) is 1. The van der Waals surface area contributed by atoms with Crippen LogP contribution < -0.4 is 5.73 Å². The summed E-state index contributed by atoms with van der Waals surface area (Å²) in [5, 5.41) is 0. The molecular weight excluding hydrogens is 246 g/mol. The van der Waals surface area contributed by atoms with E-state index in [-0.39, 0.29) is 5.54 Å². The maximum Gasteiger partial charge on any atom is 0.132 e. The van der Waals surface area contributed by atoms with Crippen molar-refractivity contribution in [2.75, 3.05) is 5.73 Å². The second-order valence-corrected chi connectivity index (χ2v) is 6.73. The molecule has 108 valence electrons. The standard InChI is InChI=1S/C17H25N3/c1-11(2)16-19-14(13-9-7-8-12(3)10-13)15(18)20(16)17(4,5)6/h7-11H,18H2,1-6H3. The van der Waals surface area contributed by atoms with Gasteiger partial charge in [-0.05, 0) is 33.8 Å². The highest BCUT2D eigenvalue weighted by atomic mass is 15.2. The van der Waals surface area contributed by atoms with E-state index in [0.717, 1.165) is 22.9 Å². The first-order chi connectivity index (χ1) is 9.21. The third-order valence-electron chi connectivity index (χ3n) is 3.42. The Hall–Kier alpha value is -1.77. The lowest BCUT2D eigenvalue weighted by atomic mass is 10.1. The average molecular weight is 271 g/mol. The van der Waals surface area contributed by atoms with Gasteiger partial charge in [-0.15, -0.1) is 0 Å². The fraction of sp³-hybridized carbons (Fsp3) is 0.471. The van der Waals surface area contributed by atoms with Crippen molar-refractivity contribution in [1.82, 2.24) is 9.55 Å². The molecule has 0 aliphatic heterocycles. The lowest BCUT2D eigenvalue weighted by Gasteiger charge is -2.26. The van der Waals surface area contributed by atoms with Crippen LogP contribution in [0.25, 0.3) is 11.3 Å². The zero-order chi connectivity index (χ0) is 15.1. The molecule has 0 atom stereocenters. The van der Waals surface area contributed by atoms with E-state index in [9.17, 15) is 0 Å². The summed E-state index contributed by atoms with van der Waals surface area (Å²) in [5.74, 6) is 2.15. The van der Waals surface area contributed by atoms with Crippen molar-refractivity contribution < 1.29 is 0 Å². The lowest BCUT2D eigenvalue weighted by Crippen LogP contribution is -2.26. The number of nitrogens with zero attached hydrogens (tertiary/aromatic N) is 2. The van der Waals surface area contributed by atoms with E-state index >= 15 is 0 Å². The molecule has 0 fully saturated rings. The number of aromatic nitrogens is 2. The zero-order valence-corrected chi connectivity index (χ0v) is 13.4. The van der Waals surface area contributed by atoms with Gasteiger partial charge in [-0.3, -0.25) is 0 Å². The van der Waals surface area contributed by atoms with E-state index in [2.05, 4.69) is 70.4 Å². The summed E-state index contributed by atoms with van der Waals surface area (Å²) in [6.07, 6.45) is 0. The number of hydrogen-bond acceptors (Lipinski definition) is 2. The van der Waals surface area contributed by atoms with Crippen molar-refractivity contribution >= 4 is 5.82 Å². The van der Waals surface area contributed by atoms with Gasteiger partial charge in [0.05, 0.1) is 0 Å². The maximum atomic E-state index is 6.41. The number of imidazole rings is 1. The Morgan fingerprint density at radius 3 is 2.30 bits per heavy atom. The van der Waals surface area contributed by atoms with Crippen molar-refractivity contribution in [3.8, 4) is 11.3 Å². The minimum Gasteiger partial charge on any atom is -0.383 e. The lowest BCUT2D eigenvalue weighted by molar-refractivity contribution is 0.382. The number of nitrogen functional groups attached to an aromatic ring is 1. The van der Waals surface area contributed by atoms with Gasteiger partial charge >= 0.3 is 0 Å². The molecule has 2 N–H and O–H groups in total. The first kappa shape index (κ1) is 14.6. The van der Waals surface area contributed by atoms with Gasteiger partial charge in [0, 0.05) is 17.0 Å². The van der Waals surface area contributed by atoms with Crippen molar-refractivity contribution in [3.63, 3.8) is 0 Å². The third-order valence-corrected chi connectivity index (χ3v) is 3.42. The molecule has 0 amide bonds. The quantitative estimate of drug-likeness (QED) is 0.884. The molecule has 0 radical (unpaired) electrons. The van der Waals surface area contributed by atoms with Crippen molar-refractivity contribution in [3.05, 3.63) is 35.7 Å². The van der Waals surface area contributed by atoms with Crippen LogP contribution in [0.4, 0.5) is 5.82 Å².